The van der Waals surface area contributed by atoms with Crippen LogP contribution in [0.25, 0.3) is 0 Å². The molecule has 82 valence electrons. The van der Waals surface area contributed by atoms with Gasteiger partial charge >= 0.3 is 0 Å². The molecule has 2 atom stereocenters. The number of phenolic OH excluding ortho intramolecular Hbond substituents is 1. The number of nitrogens with two attached hydrogens (primary N) is 1. The molecule has 1 aliphatic rings. The van der Waals surface area contributed by atoms with Crippen LogP contribution >= 0.6 is 0 Å². The van der Waals surface area contributed by atoms with E-state index < -0.39 is 6.10 Å². The number of phenols is 1. The first-order valence-corrected chi connectivity index (χ1v) is 5.11. The molecule has 1 aromatic carbocycles. The predicted octanol–water partition coefficient (Wildman–Crippen LogP) is 0.741. The summed E-state index contributed by atoms with van der Waals surface area (Å²) >= 11 is 0. The molecule has 2 rings (SSSR count). The van der Waals surface area contributed by atoms with Crippen molar-refractivity contribution in [3.8, 4) is 5.75 Å². The maximum atomic E-state index is 9.91. The lowest BCUT2D eigenvalue weighted by atomic mass is 9.85. The Kier molecular flexibility index (Phi) is 2.54. The third-order valence-electron chi connectivity index (χ3n) is 3.03. The maximum absolute atomic E-state index is 9.91. The molecule has 0 spiro atoms. The van der Waals surface area contributed by atoms with E-state index in [4.69, 9.17) is 5.73 Å². The molecule has 0 amide bonds. The van der Waals surface area contributed by atoms with Crippen molar-refractivity contribution in [2.75, 3.05) is 12.4 Å². The molecule has 0 radical (unpaired) electrons. The molecule has 15 heavy (non-hydrogen) atoms. The molecule has 5 N–H and O–H groups in total. The Balaban J connectivity index is 2.53. The molecular weight excluding hydrogens is 192 g/mol. The van der Waals surface area contributed by atoms with E-state index in [2.05, 4.69) is 5.32 Å². The summed E-state index contributed by atoms with van der Waals surface area (Å²) in [4.78, 5) is 0. The van der Waals surface area contributed by atoms with Crippen LogP contribution in [0.4, 0.5) is 5.69 Å². The molecule has 4 nitrogen and oxygen atoms in total. The lowest BCUT2D eigenvalue weighted by molar-refractivity contribution is 0.134. The molecule has 4 heteroatoms. The maximum Gasteiger partial charge on any atom is 0.138 e. The number of aliphatic hydroxyl groups is 1. The first-order valence-electron chi connectivity index (χ1n) is 5.11. The van der Waals surface area contributed by atoms with Crippen LogP contribution in [0.1, 0.15) is 23.7 Å². The van der Waals surface area contributed by atoms with E-state index in [-0.39, 0.29) is 11.8 Å². The fourth-order valence-corrected chi connectivity index (χ4v) is 2.18. The number of fused-ring (bicyclic) bond motifs is 1. The zero-order chi connectivity index (χ0) is 11.0. The van der Waals surface area contributed by atoms with Crippen molar-refractivity contribution >= 4 is 5.69 Å². The van der Waals surface area contributed by atoms with Gasteiger partial charge in [0.15, 0.2) is 0 Å². The topological polar surface area (TPSA) is 78.5 Å². The summed E-state index contributed by atoms with van der Waals surface area (Å²) in [6.07, 6.45) is 0.909. The van der Waals surface area contributed by atoms with Crippen molar-refractivity contribution in [3.63, 3.8) is 0 Å². The largest absolute Gasteiger partial charge is 0.506 e. The molecule has 2 unspecified atom stereocenters. The molecule has 1 aromatic rings. The van der Waals surface area contributed by atoms with Gasteiger partial charge in [-0.2, -0.15) is 0 Å². The second kappa shape index (κ2) is 3.72. The third-order valence-corrected chi connectivity index (χ3v) is 3.03. The Morgan fingerprint density at radius 2 is 2.20 bits per heavy atom. The highest BCUT2D eigenvalue weighted by Gasteiger charge is 2.27. The molecule has 0 bridgehead atoms. The van der Waals surface area contributed by atoms with E-state index in [1.165, 1.54) is 0 Å². The Labute approximate surface area is 88.7 Å². The van der Waals surface area contributed by atoms with Gasteiger partial charge < -0.3 is 21.3 Å². The molecule has 0 saturated heterocycles. The number of benzene rings is 1. The second-order valence-electron chi connectivity index (χ2n) is 3.92. The van der Waals surface area contributed by atoms with E-state index in [0.29, 0.717) is 5.69 Å². The van der Waals surface area contributed by atoms with Gasteiger partial charge in [-0.05, 0) is 30.0 Å². The monoisotopic (exact) mass is 208 g/mol. The summed E-state index contributed by atoms with van der Waals surface area (Å²) < 4.78 is 0. The van der Waals surface area contributed by atoms with Gasteiger partial charge in [-0.3, -0.25) is 0 Å². The van der Waals surface area contributed by atoms with Crippen molar-refractivity contribution in [1.82, 2.24) is 0 Å². The van der Waals surface area contributed by atoms with Crippen LogP contribution in [0, 0.1) is 0 Å². The van der Waals surface area contributed by atoms with Gasteiger partial charge in [0.25, 0.3) is 0 Å². The number of nitrogens with one attached hydrogen (secondary N) is 1. The standard InChI is InChI=1S/C11H16N2O2/c1-13-10-6-2-4-8(12)11(15)7(6)3-5-9(10)14/h3,5,8,11,13-15H,2,4,12H2,1H3. The quantitative estimate of drug-likeness (QED) is 0.513. The summed E-state index contributed by atoms with van der Waals surface area (Å²) in [6, 6.07) is 3.13. The van der Waals surface area contributed by atoms with E-state index in [9.17, 15) is 10.2 Å². The number of hydrogen-bond donors (Lipinski definition) is 4. The van der Waals surface area contributed by atoms with E-state index in [1.54, 1.807) is 19.2 Å². The molecule has 0 fully saturated rings. The molecule has 0 saturated carbocycles. The number of anilines is 1. The lowest BCUT2D eigenvalue weighted by Gasteiger charge is -2.29. The van der Waals surface area contributed by atoms with Crippen LogP contribution in [-0.2, 0) is 6.42 Å². The van der Waals surface area contributed by atoms with Crippen molar-refractivity contribution < 1.29 is 10.2 Å². The summed E-state index contributed by atoms with van der Waals surface area (Å²) in [5.41, 5.74) is 8.30. The van der Waals surface area contributed by atoms with Crippen LogP contribution in [-0.4, -0.2) is 23.3 Å². The summed E-state index contributed by atoms with van der Waals surface area (Å²) in [7, 11) is 1.76. The van der Waals surface area contributed by atoms with Gasteiger partial charge in [-0.25, -0.2) is 0 Å². The summed E-state index contributed by atoms with van der Waals surface area (Å²) in [5.74, 6) is 0.221. The zero-order valence-corrected chi connectivity index (χ0v) is 8.70. The minimum Gasteiger partial charge on any atom is -0.506 e. The smallest absolute Gasteiger partial charge is 0.138 e. The fourth-order valence-electron chi connectivity index (χ4n) is 2.18. The second-order valence-corrected chi connectivity index (χ2v) is 3.92. The van der Waals surface area contributed by atoms with Gasteiger partial charge in [-0.15, -0.1) is 0 Å². The third kappa shape index (κ3) is 1.56. The van der Waals surface area contributed by atoms with Gasteiger partial charge in [0.1, 0.15) is 5.75 Å². The Morgan fingerprint density at radius 1 is 1.47 bits per heavy atom. The Bertz CT molecular complexity index is 379. The number of aliphatic hydroxyl groups excluding tert-OH is 1. The van der Waals surface area contributed by atoms with Crippen molar-refractivity contribution in [2.24, 2.45) is 5.73 Å². The van der Waals surface area contributed by atoms with Crippen molar-refractivity contribution in [3.05, 3.63) is 23.3 Å². The molecule has 0 aliphatic heterocycles. The average molecular weight is 208 g/mol. The molecular formula is C11H16N2O2. The molecule has 1 aliphatic carbocycles. The molecule has 0 heterocycles. The highest BCUT2D eigenvalue weighted by molar-refractivity contribution is 5.64. The van der Waals surface area contributed by atoms with Gasteiger partial charge in [0.05, 0.1) is 11.8 Å². The van der Waals surface area contributed by atoms with Crippen LogP contribution < -0.4 is 11.1 Å². The minimum atomic E-state index is -0.624. The summed E-state index contributed by atoms with van der Waals surface area (Å²) in [6.45, 7) is 0. The lowest BCUT2D eigenvalue weighted by Crippen LogP contribution is -2.33. The van der Waals surface area contributed by atoms with Crippen LogP contribution in [0.15, 0.2) is 12.1 Å². The van der Waals surface area contributed by atoms with Gasteiger partial charge in [-0.1, -0.05) is 6.07 Å². The first kappa shape index (κ1) is 10.3. The number of aromatic hydroxyl groups is 1. The average Bonchev–Trinajstić information content (AvgIpc) is 2.23. The highest BCUT2D eigenvalue weighted by atomic mass is 16.3. The minimum absolute atomic E-state index is 0.202. The number of rotatable bonds is 1. The zero-order valence-electron chi connectivity index (χ0n) is 8.70. The highest BCUT2D eigenvalue weighted by Crippen LogP contribution is 2.38. The number of hydrogen-bond acceptors (Lipinski definition) is 4. The van der Waals surface area contributed by atoms with Crippen LogP contribution in [0.2, 0.25) is 0 Å². The normalized spacial score (nSPS) is 24.7. The Morgan fingerprint density at radius 3 is 2.87 bits per heavy atom. The van der Waals surface area contributed by atoms with E-state index in [1.807, 2.05) is 0 Å². The SMILES string of the molecule is CNc1c(O)ccc2c1CCC(N)C2O. The van der Waals surface area contributed by atoms with Crippen LogP contribution in [0.5, 0.6) is 5.75 Å². The first-order chi connectivity index (χ1) is 7.15. The summed E-state index contributed by atoms with van der Waals surface area (Å²) in [5, 5.41) is 22.5. The Hall–Kier alpha value is -1.26. The van der Waals surface area contributed by atoms with Crippen LogP contribution in [0.3, 0.4) is 0 Å². The van der Waals surface area contributed by atoms with E-state index >= 15 is 0 Å². The van der Waals surface area contributed by atoms with Gasteiger partial charge in [0, 0.05) is 13.1 Å². The predicted molar refractivity (Wildman–Crippen MR) is 58.9 cm³/mol. The fraction of sp³-hybridized carbons (Fsp3) is 0.455. The van der Waals surface area contributed by atoms with Gasteiger partial charge in [0.2, 0.25) is 0 Å². The van der Waals surface area contributed by atoms with Crippen molar-refractivity contribution in [2.45, 2.75) is 25.0 Å². The molecule has 0 aromatic heterocycles. The van der Waals surface area contributed by atoms with Crippen molar-refractivity contribution in [1.29, 1.82) is 0 Å². The van der Waals surface area contributed by atoms with E-state index in [0.717, 1.165) is 24.0 Å².